The first-order chi connectivity index (χ1) is 9.26. The first-order valence-electron chi connectivity index (χ1n) is 7.44. The minimum absolute atomic E-state index is 0.0986. The van der Waals surface area contributed by atoms with Crippen molar-refractivity contribution in [1.82, 2.24) is 0 Å². The van der Waals surface area contributed by atoms with Gasteiger partial charge in [-0.2, -0.15) is 0 Å². The molecule has 0 aromatic rings. The fourth-order valence-electron chi connectivity index (χ4n) is 3.36. The van der Waals surface area contributed by atoms with Gasteiger partial charge in [0.1, 0.15) is 0 Å². The van der Waals surface area contributed by atoms with Gasteiger partial charge in [-0.05, 0) is 58.8 Å². The molecule has 3 atom stereocenters. The summed E-state index contributed by atoms with van der Waals surface area (Å²) in [6.45, 7) is 5.75. The van der Waals surface area contributed by atoms with E-state index in [1.807, 2.05) is 6.08 Å². The summed E-state index contributed by atoms with van der Waals surface area (Å²) >= 11 is 0. The Labute approximate surface area is 121 Å². The van der Waals surface area contributed by atoms with Crippen LogP contribution < -0.4 is 0 Å². The number of carbonyl (C=O) groups excluding carboxylic acids is 1. The van der Waals surface area contributed by atoms with E-state index >= 15 is 0 Å². The number of ether oxygens (including phenoxy) is 2. The molecule has 1 heterocycles. The van der Waals surface area contributed by atoms with E-state index in [9.17, 15) is 9.90 Å². The molecule has 0 bridgehead atoms. The van der Waals surface area contributed by atoms with Crippen LogP contribution in [0, 0.1) is 5.92 Å². The van der Waals surface area contributed by atoms with Gasteiger partial charge in [0.2, 0.25) is 0 Å². The molecule has 4 heteroatoms. The minimum Gasteiger partial charge on any atom is -0.466 e. The maximum atomic E-state index is 11.5. The second kappa shape index (κ2) is 5.49. The summed E-state index contributed by atoms with van der Waals surface area (Å²) in [5.74, 6) is 0.193. The molecule has 114 valence electrons. The summed E-state index contributed by atoms with van der Waals surface area (Å²) in [5.41, 5.74) is -0.202. The predicted molar refractivity (Wildman–Crippen MR) is 76.2 cm³/mol. The molecule has 4 nitrogen and oxygen atoms in total. The summed E-state index contributed by atoms with van der Waals surface area (Å²) in [7, 11) is 1.42. The number of rotatable bonds is 3. The molecule has 0 spiro atoms. The van der Waals surface area contributed by atoms with Gasteiger partial charge in [-0.25, -0.2) is 4.79 Å². The number of hydrogen-bond acceptors (Lipinski definition) is 4. The third-order valence-electron chi connectivity index (χ3n) is 4.82. The standard InChI is InChI=1S/C16H26O4/c1-15(2,18)13-9-10-16(3,20-13)12-7-5-11(6-8-12)14(17)19-4/h5,12-13,18H,6-10H2,1-4H3/t12-,13-,16+/m0/s1. The highest BCUT2D eigenvalue weighted by atomic mass is 16.5. The van der Waals surface area contributed by atoms with Crippen LogP contribution >= 0.6 is 0 Å². The van der Waals surface area contributed by atoms with Crippen LogP contribution in [0.2, 0.25) is 0 Å². The first kappa shape index (κ1) is 15.5. The van der Waals surface area contributed by atoms with Gasteiger partial charge in [-0.3, -0.25) is 0 Å². The van der Waals surface area contributed by atoms with E-state index in [4.69, 9.17) is 9.47 Å². The summed E-state index contributed by atoms with van der Waals surface area (Å²) in [5, 5.41) is 10.1. The molecule has 0 saturated carbocycles. The Balaban J connectivity index is 2.00. The van der Waals surface area contributed by atoms with Gasteiger partial charge < -0.3 is 14.6 Å². The molecule has 1 fully saturated rings. The molecule has 0 radical (unpaired) electrons. The van der Waals surface area contributed by atoms with E-state index in [0.29, 0.717) is 5.92 Å². The number of methoxy groups -OCH3 is 1. The molecule has 1 aliphatic carbocycles. The Bertz CT molecular complexity index is 407. The Hall–Kier alpha value is -0.870. The molecule has 0 amide bonds. The van der Waals surface area contributed by atoms with Crippen LogP contribution in [0.4, 0.5) is 0 Å². The smallest absolute Gasteiger partial charge is 0.333 e. The highest BCUT2D eigenvalue weighted by Crippen LogP contribution is 2.44. The van der Waals surface area contributed by atoms with Crippen molar-refractivity contribution >= 4 is 5.97 Å². The highest BCUT2D eigenvalue weighted by Gasteiger charge is 2.46. The minimum atomic E-state index is -0.792. The topological polar surface area (TPSA) is 55.8 Å². The van der Waals surface area contributed by atoms with Crippen LogP contribution in [-0.2, 0) is 14.3 Å². The van der Waals surface area contributed by atoms with Gasteiger partial charge in [0, 0.05) is 5.57 Å². The lowest BCUT2D eigenvalue weighted by molar-refractivity contribution is -0.139. The lowest BCUT2D eigenvalue weighted by Crippen LogP contribution is -2.41. The number of esters is 1. The van der Waals surface area contributed by atoms with Crippen molar-refractivity contribution in [2.75, 3.05) is 7.11 Å². The third-order valence-corrected chi connectivity index (χ3v) is 4.82. The van der Waals surface area contributed by atoms with Gasteiger partial charge in [-0.1, -0.05) is 6.08 Å². The molecular formula is C16H26O4. The SMILES string of the molecule is COC(=O)C1=CC[C@H]([C@@]2(C)CC[C@@H](C(C)(C)O)O2)CC1. The summed E-state index contributed by atoms with van der Waals surface area (Å²) in [4.78, 5) is 11.5. The molecule has 1 saturated heterocycles. The second-order valence-electron chi connectivity index (χ2n) is 6.80. The van der Waals surface area contributed by atoms with E-state index < -0.39 is 5.60 Å². The molecule has 1 N–H and O–H groups in total. The van der Waals surface area contributed by atoms with Crippen molar-refractivity contribution in [3.8, 4) is 0 Å². The van der Waals surface area contributed by atoms with Gasteiger partial charge in [0.25, 0.3) is 0 Å². The zero-order valence-corrected chi connectivity index (χ0v) is 12.9. The highest BCUT2D eigenvalue weighted by molar-refractivity contribution is 5.88. The molecule has 20 heavy (non-hydrogen) atoms. The van der Waals surface area contributed by atoms with Crippen LogP contribution in [-0.4, -0.2) is 35.5 Å². The van der Waals surface area contributed by atoms with Crippen molar-refractivity contribution in [3.63, 3.8) is 0 Å². The van der Waals surface area contributed by atoms with Crippen molar-refractivity contribution in [1.29, 1.82) is 0 Å². The summed E-state index contributed by atoms with van der Waals surface area (Å²) < 4.78 is 10.9. The Kier molecular flexibility index (Phi) is 4.26. The van der Waals surface area contributed by atoms with Crippen LogP contribution in [0.25, 0.3) is 0 Å². The van der Waals surface area contributed by atoms with Crippen LogP contribution in [0.15, 0.2) is 11.6 Å². The predicted octanol–water partition coefficient (Wildman–Crippen LogP) is 2.59. The number of carbonyl (C=O) groups is 1. The maximum Gasteiger partial charge on any atom is 0.333 e. The fourth-order valence-corrected chi connectivity index (χ4v) is 3.36. The number of aliphatic hydroxyl groups is 1. The zero-order chi connectivity index (χ0) is 15.0. The van der Waals surface area contributed by atoms with Gasteiger partial charge in [0.05, 0.1) is 24.4 Å². The normalized spacial score (nSPS) is 34.8. The van der Waals surface area contributed by atoms with Crippen LogP contribution in [0.3, 0.4) is 0 Å². The van der Waals surface area contributed by atoms with Gasteiger partial charge >= 0.3 is 5.97 Å². The molecule has 2 rings (SSSR count). The largest absolute Gasteiger partial charge is 0.466 e. The van der Waals surface area contributed by atoms with Crippen molar-refractivity contribution < 1.29 is 19.4 Å². The van der Waals surface area contributed by atoms with Crippen molar-refractivity contribution in [2.24, 2.45) is 5.92 Å². The first-order valence-corrected chi connectivity index (χ1v) is 7.44. The molecule has 0 aromatic heterocycles. The molecule has 1 aliphatic heterocycles. The molecular weight excluding hydrogens is 256 g/mol. The van der Waals surface area contributed by atoms with Crippen LogP contribution in [0.1, 0.15) is 52.9 Å². The molecule has 2 aliphatic rings. The van der Waals surface area contributed by atoms with Gasteiger partial charge in [-0.15, -0.1) is 0 Å². The second-order valence-corrected chi connectivity index (χ2v) is 6.80. The maximum absolute atomic E-state index is 11.5. The van der Waals surface area contributed by atoms with E-state index in [1.165, 1.54) is 7.11 Å². The monoisotopic (exact) mass is 282 g/mol. The summed E-state index contributed by atoms with van der Waals surface area (Å²) in [6.07, 6.45) is 6.29. The lowest BCUT2D eigenvalue weighted by atomic mass is 9.77. The quantitative estimate of drug-likeness (QED) is 0.808. The van der Waals surface area contributed by atoms with Crippen molar-refractivity contribution in [2.45, 2.75) is 70.2 Å². The summed E-state index contributed by atoms with van der Waals surface area (Å²) in [6, 6.07) is 0. The van der Waals surface area contributed by atoms with Crippen LogP contribution in [0.5, 0.6) is 0 Å². The molecule has 0 unspecified atom stereocenters. The van der Waals surface area contributed by atoms with E-state index in [-0.39, 0.29) is 17.7 Å². The Morgan fingerprint density at radius 3 is 2.65 bits per heavy atom. The Morgan fingerprint density at radius 2 is 2.20 bits per heavy atom. The van der Waals surface area contributed by atoms with Gasteiger partial charge in [0.15, 0.2) is 0 Å². The van der Waals surface area contributed by atoms with Crippen molar-refractivity contribution in [3.05, 3.63) is 11.6 Å². The number of hydrogen-bond donors (Lipinski definition) is 1. The van der Waals surface area contributed by atoms with E-state index in [1.54, 1.807) is 13.8 Å². The van der Waals surface area contributed by atoms with E-state index in [0.717, 1.165) is 37.7 Å². The Morgan fingerprint density at radius 1 is 1.50 bits per heavy atom. The lowest BCUT2D eigenvalue weighted by Gasteiger charge is -2.37. The van der Waals surface area contributed by atoms with E-state index in [2.05, 4.69) is 6.92 Å². The number of allylic oxidation sites excluding steroid dienone is 1. The average Bonchev–Trinajstić information content (AvgIpc) is 2.82. The molecule has 0 aromatic carbocycles. The average molecular weight is 282 g/mol. The zero-order valence-electron chi connectivity index (χ0n) is 12.9. The third kappa shape index (κ3) is 3.07. The fraction of sp³-hybridized carbons (Fsp3) is 0.812.